The highest BCUT2D eigenvalue weighted by Gasteiger charge is 2.30. The van der Waals surface area contributed by atoms with Crippen molar-refractivity contribution in [1.82, 2.24) is 4.98 Å². The second-order valence-corrected chi connectivity index (χ2v) is 9.23. The monoisotopic (exact) mass is 445 g/mol. The standard InChI is InChI=1S/C22H27N3O5S/c1-21(2,3)30-20(28)25-19-24-16(13-31-19)15(17(23)26)11-22(4,5)18(27)29-12-14-9-7-6-8-10-14/h6-11,13H,12H2,1-5H3,(H2,23,26)(H,24,25,28). The Bertz CT molecular complexity index is 975. The molecule has 1 aromatic heterocycles. The second kappa shape index (κ2) is 9.74. The van der Waals surface area contributed by atoms with E-state index in [1.54, 1.807) is 40.0 Å². The molecule has 0 saturated carbocycles. The van der Waals surface area contributed by atoms with Crippen molar-refractivity contribution in [3.05, 3.63) is 53.0 Å². The van der Waals surface area contributed by atoms with E-state index in [0.29, 0.717) is 0 Å². The SMILES string of the molecule is CC(C)(C)OC(=O)Nc1nc(C(=CC(C)(C)C(=O)OCc2ccccc2)C(N)=O)cs1. The molecule has 2 rings (SSSR count). The Balaban J connectivity index is 2.15. The number of carbonyl (C=O) groups excluding carboxylic acids is 3. The van der Waals surface area contributed by atoms with E-state index in [4.69, 9.17) is 15.2 Å². The summed E-state index contributed by atoms with van der Waals surface area (Å²) < 4.78 is 10.6. The van der Waals surface area contributed by atoms with Crippen molar-refractivity contribution in [3.63, 3.8) is 0 Å². The van der Waals surface area contributed by atoms with Crippen LogP contribution < -0.4 is 11.1 Å². The van der Waals surface area contributed by atoms with E-state index in [1.807, 2.05) is 30.3 Å². The zero-order valence-corrected chi connectivity index (χ0v) is 19.0. The van der Waals surface area contributed by atoms with Crippen LogP contribution in [-0.4, -0.2) is 28.6 Å². The molecule has 2 amide bonds. The summed E-state index contributed by atoms with van der Waals surface area (Å²) in [5.41, 5.74) is 4.87. The van der Waals surface area contributed by atoms with Crippen molar-refractivity contribution in [2.24, 2.45) is 11.1 Å². The number of benzene rings is 1. The second-order valence-electron chi connectivity index (χ2n) is 8.37. The molecule has 3 N–H and O–H groups in total. The van der Waals surface area contributed by atoms with Gasteiger partial charge >= 0.3 is 12.1 Å². The van der Waals surface area contributed by atoms with Crippen molar-refractivity contribution < 1.29 is 23.9 Å². The summed E-state index contributed by atoms with van der Waals surface area (Å²) in [7, 11) is 0. The minimum Gasteiger partial charge on any atom is -0.460 e. The highest BCUT2D eigenvalue weighted by atomic mass is 32.1. The number of amides is 2. The van der Waals surface area contributed by atoms with E-state index in [-0.39, 0.29) is 23.0 Å². The molecule has 1 heterocycles. The third-order valence-electron chi connectivity index (χ3n) is 3.90. The van der Waals surface area contributed by atoms with Crippen molar-refractivity contribution in [3.8, 4) is 0 Å². The molecule has 0 spiro atoms. The van der Waals surface area contributed by atoms with Gasteiger partial charge in [-0.15, -0.1) is 11.3 Å². The van der Waals surface area contributed by atoms with Crippen LogP contribution in [0.25, 0.3) is 5.57 Å². The lowest BCUT2D eigenvalue weighted by molar-refractivity contribution is -0.152. The molecule has 0 fully saturated rings. The number of rotatable bonds is 7. The fourth-order valence-corrected chi connectivity index (χ4v) is 3.14. The van der Waals surface area contributed by atoms with Gasteiger partial charge in [-0.1, -0.05) is 36.4 Å². The minimum absolute atomic E-state index is 0.0511. The number of primary amides is 1. The summed E-state index contributed by atoms with van der Waals surface area (Å²) in [6.45, 7) is 8.58. The molecule has 0 saturated heterocycles. The Labute approximate surface area is 185 Å². The van der Waals surface area contributed by atoms with Gasteiger partial charge in [-0.3, -0.25) is 14.9 Å². The van der Waals surface area contributed by atoms with Crippen LogP contribution >= 0.6 is 11.3 Å². The average Bonchev–Trinajstić information content (AvgIpc) is 3.11. The van der Waals surface area contributed by atoms with Crippen LogP contribution in [0.3, 0.4) is 0 Å². The Kier molecular flexibility index (Phi) is 7.56. The highest BCUT2D eigenvalue weighted by Crippen LogP contribution is 2.28. The maximum Gasteiger partial charge on any atom is 0.413 e. The molecule has 2 aromatic rings. The molecule has 31 heavy (non-hydrogen) atoms. The largest absolute Gasteiger partial charge is 0.460 e. The van der Waals surface area contributed by atoms with Crippen LogP contribution in [0.15, 0.2) is 41.8 Å². The first-order valence-electron chi connectivity index (χ1n) is 9.57. The number of anilines is 1. The van der Waals surface area contributed by atoms with Gasteiger partial charge in [0.1, 0.15) is 12.2 Å². The highest BCUT2D eigenvalue weighted by molar-refractivity contribution is 7.14. The quantitative estimate of drug-likeness (QED) is 0.488. The fraction of sp³-hybridized carbons (Fsp3) is 0.364. The van der Waals surface area contributed by atoms with Gasteiger partial charge in [-0.05, 0) is 40.2 Å². The van der Waals surface area contributed by atoms with Crippen LogP contribution in [0.2, 0.25) is 0 Å². The number of nitrogens with one attached hydrogen (secondary N) is 1. The fourth-order valence-electron chi connectivity index (χ4n) is 2.45. The maximum absolute atomic E-state index is 12.6. The van der Waals surface area contributed by atoms with Gasteiger partial charge in [0.05, 0.1) is 16.7 Å². The predicted octanol–water partition coefficient (Wildman–Crippen LogP) is 4.13. The van der Waals surface area contributed by atoms with E-state index in [1.165, 1.54) is 6.08 Å². The lowest BCUT2D eigenvalue weighted by atomic mass is 9.90. The molecule has 0 aliphatic heterocycles. The number of nitrogens with zero attached hydrogens (tertiary/aromatic N) is 1. The Morgan fingerprint density at radius 2 is 1.77 bits per heavy atom. The maximum atomic E-state index is 12.6. The summed E-state index contributed by atoms with van der Waals surface area (Å²) in [5, 5.41) is 4.31. The van der Waals surface area contributed by atoms with Crippen molar-refractivity contribution in [1.29, 1.82) is 0 Å². The Hall–Kier alpha value is -3.20. The van der Waals surface area contributed by atoms with Crippen LogP contribution in [0.4, 0.5) is 9.93 Å². The lowest BCUT2D eigenvalue weighted by Crippen LogP contribution is -2.27. The molecule has 8 nitrogen and oxygen atoms in total. The molecular weight excluding hydrogens is 418 g/mol. The minimum atomic E-state index is -1.14. The summed E-state index contributed by atoms with van der Waals surface area (Å²) in [5.74, 6) is -1.27. The van der Waals surface area contributed by atoms with E-state index in [2.05, 4.69) is 10.3 Å². The smallest absolute Gasteiger partial charge is 0.413 e. The van der Waals surface area contributed by atoms with Crippen LogP contribution in [0, 0.1) is 5.41 Å². The molecule has 0 atom stereocenters. The van der Waals surface area contributed by atoms with E-state index >= 15 is 0 Å². The first-order valence-corrected chi connectivity index (χ1v) is 10.4. The molecule has 1 aromatic carbocycles. The summed E-state index contributed by atoms with van der Waals surface area (Å²) in [6.07, 6.45) is 0.762. The Morgan fingerprint density at radius 1 is 1.13 bits per heavy atom. The molecule has 9 heteroatoms. The van der Waals surface area contributed by atoms with Crippen LogP contribution in [-0.2, 0) is 25.7 Å². The van der Waals surface area contributed by atoms with Gasteiger partial charge < -0.3 is 15.2 Å². The van der Waals surface area contributed by atoms with Gasteiger partial charge in [-0.2, -0.15) is 0 Å². The Morgan fingerprint density at radius 3 is 2.35 bits per heavy atom. The van der Waals surface area contributed by atoms with Gasteiger partial charge in [0, 0.05) is 5.38 Å². The van der Waals surface area contributed by atoms with E-state index < -0.39 is 29.0 Å². The number of hydrogen-bond donors (Lipinski definition) is 2. The van der Waals surface area contributed by atoms with Gasteiger partial charge in [0.15, 0.2) is 5.13 Å². The summed E-state index contributed by atoms with van der Waals surface area (Å²) in [4.78, 5) is 40.8. The first-order chi connectivity index (χ1) is 14.4. The van der Waals surface area contributed by atoms with Crippen LogP contribution in [0.1, 0.15) is 45.9 Å². The van der Waals surface area contributed by atoms with Gasteiger partial charge in [0.2, 0.25) is 0 Å². The average molecular weight is 446 g/mol. The van der Waals surface area contributed by atoms with Gasteiger partial charge in [0.25, 0.3) is 5.91 Å². The molecular formula is C22H27N3O5S. The first kappa shape index (κ1) is 24.1. The number of carbonyl (C=O) groups is 3. The van der Waals surface area contributed by atoms with Crippen molar-refractivity contribution >= 4 is 40.0 Å². The normalized spacial score (nSPS) is 12.2. The summed E-state index contributed by atoms with van der Waals surface area (Å²) in [6, 6.07) is 9.27. The predicted molar refractivity (Wildman–Crippen MR) is 119 cm³/mol. The van der Waals surface area contributed by atoms with E-state index in [9.17, 15) is 14.4 Å². The number of esters is 1. The molecule has 0 aliphatic carbocycles. The number of aromatic nitrogens is 1. The van der Waals surface area contributed by atoms with E-state index in [0.717, 1.165) is 16.9 Å². The molecule has 166 valence electrons. The molecule has 0 bridgehead atoms. The van der Waals surface area contributed by atoms with Crippen LogP contribution in [0.5, 0.6) is 0 Å². The zero-order valence-electron chi connectivity index (χ0n) is 18.2. The number of ether oxygens (including phenoxy) is 2. The van der Waals surface area contributed by atoms with Crippen molar-refractivity contribution in [2.45, 2.75) is 46.8 Å². The number of hydrogen-bond acceptors (Lipinski definition) is 7. The zero-order chi connectivity index (χ0) is 23.2. The molecule has 0 unspecified atom stereocenters. The molecule has 0 radical (unpaired) electrons. The topological polar surface area (TPSA) is 121 Å². The number of thiazole rings is 1. The number of nitrogens with two attached hydrogens (primary N) is 1. The third kappa shape index (κ3) is 7.53. The third-order valence-corrected chi connectivity index (χ3v) is 4.66. The van der Waals surface area contributed by atoms with Gasteiger partial charge in [-0.25, -0.2) is 9.78 Å². The van der Waals surface area contributed by atoms with Crippen molar-refractivity contribution in [2.75, 3.05) is 5.32 Å². The summed E-state index contributed by atoms with van der Waals surface area (Å²) >= 11 is 1.10. The molecule has 0 aliphatic rings. The lowest BCUT2D eigenvalue weighted by Gasteiger charge is -2.20.